The standard InChI is InChI=1S/C23H39N5O4.C6H13N.C4H10.C2H6O.C2H6/c1-17(2)20(25(3)21(30)14-24-16-29)15-27-12-6-8-18(27)23(32)28-13-7-9-19(28)22(31)26-10-4-5-11-26;1-7-5-3-2-4-6-7;1-4(2)3;1-3-2;1-2/h16-20H,4-15H2,1-3H3,(H,24,29);2-6H2,1H3;4H,1-3H3;1-2H3;1-2H3/t18-,19?,20+;;;;/m0..../s1. The maximum absolute atomic E-state index is 13.6. The minimum absolute atomic E-state index is 0.0281. The van der Waals surface area contributed by atoms with Crippen molar-refractivity contribution < 1.29 is 23.9 Å². The van der Waals surface area contributed by atoms with Crippen molar-refractivity contribution in [3.63, 3.8) is 0 Å². The van der Waals surface area contributed by atoms with Gasteiger partial charge < -0.3 is 29.7 Å². The SMILES string of the molecule is CC.CC(C)C.CC(C)[C@@H](CN1CCC[C@H]1C(=O)N1CCCC1C(=O)N1CCCC1)N(C)C(=O)CNC=O.CN1CCCCC1.COC. The topological polar surface area (TPSA) is 106 Å². The molecule has 11 heteroatoms. The molecule has 1 N–H and O–H groups in total. The van der Waals surface area contributed by atoms with Crippen molar-refractivity contribution in [2.75, 3.05) is 80.7 Å². The number of likely N-dealkylation sites (tertiary alicyclic amines) is 4. The van der Waals surface area contributed by atoms with E-state index in [1.54, 1.807) is 26.2 Å². The van der Waals surface area contributed by atoms with Crippen molar-refractivity contribution >= 4 is 24.1 Å². The highest BCUT2D eigenvalue weighted by atomic mass is 16.4. The maximum atomic E-state index is 13.6. The molecule has 0 spiro atoms. The average Bonchev–Trinajstić information content (AvgIpc) is 3.86. The second kappa shape index (κ2) is 26.6. The number of amides is 4. The minimum atomic E-state index is -0.317. The average molecular weight is 683 g/mol. The number of carbonyl (C=O) groups is 4. The molecular formula is C37H74N6O5. The van der Waals surface area contributed by atoms with Gasteiger partial charge in [-0.15, -0.1) is 0 Å². The van der Waals surface area contributed by atoms with Crippen LogP contribution in [-0.2, 0) is 23.9 Å². The van der Waals surface area contributed by atoms with Crippen molar-refractivity contribution in [3.05, 3.63) is 0 Å². The van der Waals surface area contributed by atoms with Crippen molar-refractivity contribution in [2.24, 2.45) is 11.8 Å². The lowest BCUT2D eigenvalue weighted by molar-refractivity contribution is -0.146. The molecule has 11 nitrogen and oxygen atoms in total. The monoisotopic (exact) mass is 683 g/mol. The Morgan fingerprint density at radius 2 is 1.29 bits per heavy atom. The molecule has 1 unspecified atom stereocenters. The molecule has 4 rings (SSSR count). The molecule has 4 saturated heterocycles. The summed E-state index contributed by atoms with van der Waals surface area (Å²) in [4.78, 5) is 59.6. The highest BCUT2D eigenvalue weighted by Gasteiger charge is 2.43. The number of ether oxygens (including phenoxy) is 1. The first-order valence-electron chi connectivity index (χ1n) is 18.7. The van der Waals surface area contributed by atoms with Gasteiger partial charge in [-0.3, -0.25) is 24.1 Å². The Labute approximate surface area is 294 Å². The number of nitrogens with zero attached hydrogens (tertiary/aromatic N) is 5. The lowest BCUT2D eigenvalue weighted by Gasteiger charge is -2.37. The zero-order chi connectivity index (χ0) is 36.6. The molecule has 4 heterocycles. The van der Waals surface area contributed by atoms with E-state index >= 15 is 0 Å². The Kier molecular flexibility index (Phi) is 25.4. The summed E-state index contributed by atoms with van der Waals surface area (Å²) in [6.07, 6.45) is 10.3. The summed E-state index contributed by atoms with van der Waals surface area (Å²) in [6.45, 7) is 20.9. The largest absolute Gasteiger partial charge is 0.388 e. The van der Waals surface area contributed by atoms with E-state index in [1.165, 1.54) is 32.4 Å². The van der Waals surface area contributed by atoms with Gasteiger partial charge in [0.1, 0.15) is 6.04 Å². The Morgan fingerprint density at radius 1 is 0.792 bits per heavy atom. The molecule has 0 aromatic carbocycles. The molecule has 0 aromatic heterocycles. The van der Waals surface area contributed by atoms with Crippen molar-refractivity contribution in [1.82, 2.24) is 29.8 Å². The van der Waals surface area contributed by atoms with Crippen LogP contribution in [0.1, 0.15) is 106 Å². The van der Waals surface area contributed by atoms with Gasteiger partial charge in [0.15, 0.2) is 0 Å². The van der Waals surface area contributed by atoms with Crippen LogP contribution in [0, 0.1) is 11.8 Å². The molecule has 0 bridgehead atoms. The Morgan fingerprint density at radius 3 is 1.77 bits per heavy atom. The number of hydrogen-bond donors (Lipinski definition) is 1. The molecule has 4 aliphatic heterocycles. The Balaban J connectivity index is 0.00000114. The third-order valence-electron chi connectivity index (χ3n) is 8.89. The van der Waals surface area contributed by atoms with Crippen LogP contribution < -0.4 is 5.32 Å². The third-order valence-corrected chi connectivity index (χ3v) is 8.89. The normalized spacial score (nSPS) is 21.4. The number of carbonyl (C=O) groups excluding carboxylic acids is 4. The van der Waals surface area contributed by atoms with E-state index in [1.807, 2.05) is 23.6 Å². The molecule has 0 aromatic rings. The van der Waals surface area contributed by atoms with Crippen LogP contribution >= 0.6 is 0 Å². The van der Waals surface area contributed by atoms with Crippen LogP contribution in [0.4, 0.5) is 0 Å². The van der Waals surface area contributed by atoms with Gasteiger partial charge in [-0.05, 0) is 89.9 Å². The second-order valence-electron chi connectivity index (χ2n) is 14.2. The smallest absolute Gasteiger partial charge is 0.245 e. The molecule has 4 fully saturated rings. The van der Waals surface area contributed by atoms with Crippen molar-refractivity contribution in [1.29, 1.82) is 0 Å². The van der Waals surface area contributed by atoms with Gasteiger partial charge in [0.05, 0.1) is 12.6 Å². The summed E-state index contributed by atoms with van der Waals surface area (Å²) >= 11 is 0. The third kappa shape index (κ3) is 16.9. The summed E-state index contributed by atoms with van der Waals surface area (Å²) in [5.74, 6) is 1.07. The first-order chi connectivity index (χ1) is 22.9. The molecule has 48 heavy (non-hydrogen) atoms. The molecule has 282 valence electrons. The van der Waals surface area contributed by atoms with Crippen LogP contribution in [0.2, 0.25) is 0 Å². The predicted octanol–water partition coefficient (Wildman–Crippen LogP) is 4.35. The van der Waals surface area contributed by atoms with E-state index in [-0.39, 0.29) is 48.3 Å². The van der Waals surface area contributed by atoms with Gasteiger partial charge in [0.25, 0.3) is 0 Å². The van der Waals surface area contributed by atoms with Gasteiger partial charge in [-0.1, -0.05) is 54.9 Å². The number of methoxy groups -OCH3 is 1. The number of hydrogen-bond acceptors (Lipinski definition) is 7. The van der Waals surface area contributed by atoms with Crippen LogP contribution in [0.5, 0.6) is 0 Å². The predicted molar refractivity (Wildman–Crippen MR) is 197 cm³/mol. The van der Waals surface area contributed by atoms with Crippen LogP contribution in [-0.4, -0.2) is 147 Å². The molecule has 3 atom stereocenters. The highest BCUT2D eigenvalue weighted by molar-refractivity contribution is 5.90. The van der Waals surface area contributed by atoms with E-state index in [9.17, 15) is 19.2 Å². The van der Waals surface area contributed by atoms with Crippen molar-refractivity contribution in [3.8, 4) is 0 Å². The van der Waals surface area contributed by atoms with Crippen LogP contribution in [0.25, 0.3) is 0 Å². The van der Waals surface area contributed by atoms with Gasteiger partial charge in [-0.25, -0.2) is 0 Å². The fraction of sp³-hybridized carbons (Fsp3) is 0.892. The quantitative estimate of drug-likeness (QED) is 0.361. The van der Waals surface area contributed by atoms with Gasteiger partial charge in [0.2, 0.25) is 24.1 Å². The van der Waals surface area contributed by atoms with Crippen LogP contribution in [0.15, 0.2) is 0 Å². The molecule has 4 aliphatic rings. The highest BCUT2D eigenvalue weighted by Crippen LogP contribution is 2.28. The van der Waals surface area contributed by atoms with E-state index in [0.29, 0.717) is 19.5 Å². The summed E-state index contributed by atoms with van der Waals surface area (Å²) < 4.78 is 4.25. The molecule has 0 radical (unpaired) electrons. The zero-order valence-corrected chi connectivity index (χ0v) is 32.8. The van der Waals surface area contributed by atoms with E-state index < -0.39 is 0 Å². The summed E-state index contributed by atoms with van der Waals surface area (Å²) in [7, 11) is 7.21. The fourth-order valence-electron chi connectivity index (χ4n) is 6.46. The summed E-state index contributed by atoms with van der Waals surface area (Å²) in [5.41, 5.74) is 0. The van der Waals surface area contributed by atoms with Crippen LogP contribution in [0.3, 0.4) is 0 Å². The summed E-state index contributed by atoms with van der Waals surface area (Å²) in [5, 5.41) is 2.44. The minimum Gasteiger partial charge on any atom is -0.388 e. The molecule has 0 aliphatic carbocycles. The lowest BCUT2D eigenvalue weighted by Crippen LogP contribution is -2.55. The van der Waals surface area contributed by atoms with E-state index in [2.05, 4.69) is 61.5 Å². The zero-order valence-electron chi connectivity index (χ0n) is 32.8. The van der Waals surface area contributed by atoms with Gasteiger partial charge in [0, 0.05) is 53.5 Å². The van der Waals surface area contributed by atoms with E-state index in [0.717, 1.165) is 64.1 Å². The van der Waals surface area contributed by atoms with Gasteiger partial charge in [-0.2, -0.15) is 0 Å². The fourth-order valence-corrected chi connectivity index (χ4v) is 6.46. The number of piperidine rings is 1. The summed E-state index contributed by atoms with van der Waals surface area (Å²) in [6, 6.07) is -0.618. The number of likely N-dealkylation sites (N-methyl/N-ethyl adjacent to an activating group) is 1. The first kappa shape index (κ1) is 45.8. The molecular weight excluding hydrogens is 608 g/mol. The Bertz CT molecular complexity index is 874. The molecule has 4 amide bonds. The van der Waals surface area contributed by atoms with E-state index in [4.69, 9.17) is 0 Å². The first-order valence-corrected chi connectivity index (χ1v) is 18.7. The molecule has 0 saturated carbocycles. The maximum Gasteiger partial charge on any atom is 0.245 e. The second-order valence-corrected chi connectivity index (χ2v) is 14.2. The van der Waals surface area contributed by atoms with Crippen molar-refractivity contribution in [2.45, 2.75) is 124 Å². The number of rotatable bonds is 9. The Hall–Kier alpha value is -2.24. The lowest BCUT2D eigenvalue weighted by atomic mass is 10.0. The number of nitrogens with one attached hydrogen (secondary N) is 1. The van der Waals surface area contributed by atoms with Gasteiger partial charge >= 0.3 is 0 Å².